The van der Waals surface area contributed by atoms with Crippen molar-refractivity contribution in [3.63, 3.8) is 0 Å². The first-order chi connectivity index (χ1) is 12.2. The first kappa shape index (κ1) is 17.2. The van der Waals surface area contributed by atoms with E-state index in [1.165, 1.54) is 5.56 Å². The van der Waals surface area contributed by atoms with Gasteiger partial charge in [-0.3, -0.25) is 0 Å². The van der Waals surface area contributed by atoms with E-state index in [-0.39, 0.29) is 0 Å². The topological polar surface area (TPSA) is 49.8 Å². The van der Waals surface area contributed by atoms with Crippen molar-refractivity contribution >= 4 is 23.4 Å². The molecule has 128 valence electrons. The van der Waals surface area contributed by atoms with Gasteiger partial charge in [0, 0.05) is 29.9 Å². The predicted molar refractivity (Wildman–Crippen MR) is 104 cm³/mol. The fourth-order valence-electron chi connectivity index (χ4n) is 2.50. The second-order valence-corrected chi connectivity index (χ2v) is 6.30. The lowest BCUT2D eigenvalue weighted by atomic mass is 10.1. The summed E-state index contributed by atoms with van der Waals surface area (Å²) in [6.45, 7) is 3.46. The average Bonchev–Trinajstić information content (AvgIpc) is 2.62. The van der Waals surface area contributed by atoms with Crippen molar-refractivity contribution in [3.8, 4) is 0 Å². The zero-order valence-corrected chi connectivity index (χ0v) is 14.9. The van der Waals surface area contributed by atoms with E-state index in [9.17, 15) is 0 Å². The molecule has 5 heteroatoms. The maximum absolute atomic E-state index is 5.91. The van der Waals surface area contributed by atoms with Crippen molar-refractivity contribution in [1.82, 2.24) is 9.97 Å². The Kier molecular flexibility index (Phi) is 5.86. The molecule has 0 amide bonds. The van der Waals surface area contributed by atoms with Crippen LogP contribution in [0.2, 0.25) is 5.02 Å². The minimum Gasteiger partial charge on any atom is -0.370 e. The van der Waals surface area contributed by atoms with Gasteiger partial charge in [-0.25, -0.2) is 4.98 Å². The monoisotopic (exact) mass is 352 g/mol. The largest absolute Gasteiger partial charge is 0.370 e. The van der Waals surface area contributed by atoms with Gasteiger partial charge >= 0.3 is 0 Å². The Hall–Kier alpha value is -2.59. The molecule has 0 bridgehead atoms. The third kappa shape index (κ3) is 5.47. The lowest BCUT2D eigenvalue weighted by molar-refractivity contribution is 0.982. The molecule has 0 radical (unpaired) electrons. The quantitative estimate of drug-likeness (QED) is 0.646. The van der Waals surface area contributed by atoms with Gasteiger partial charge in [0.1, 0.15) is 5.82 Å². The van der Waals surface area contributed by atoms with Gasteiger partial charge in [0.15, 0.2) is 0 Å². The summed E-state index contributed by atoms with van der Waals surface area (Å²) in [5.74, 6) is 1.46. The number of nitrogens with one attached hydrogen (secondary N) is 2. The number of rotatable bonds is 7. The molecule has 2 aromatic carbocycles. The zero-order valence-electron chi connectivity index (χ0n) is 14.2. The van der Waals surface area contributed by atoms with Crippen LogP contribution in [-0.4, -0.2) is 16.5 Å². The molecule has 1 aromatic heterocycles. The van der Waals surface area contributed by atoms with E-state index in [0.717, 1.165) is 35.1 Å². The number of halogens is 1. The van der Waals surface area contributed by atoms with Gasteiger partial charge in [-0.1, -0.05) is 54.1 Å². The normalized spacial score (nSPS) is 10.5. The lowest BCUT2D eigenvalue weighted by Crippen LogP contribution is -2.10. The molecule has 0 unspecified atom stereocenters. The van der Waals surface area contributed by atoms with Crippen molar-refractivity contribution in [3.05, 3.63) is 82.5 Å². The highest BCUT2D eigenvalue weighted by molar-refractivity contribution is 6.30. The SMILES string of the molecule is Cc1cc(NCCc2ccccc2)nc(NCc2ccc(Cl)cc2)n1. The summed E-state index contributed by atoms with van der Waals surface area (Å²) in [6, 6.07) is 20.1. The average molecular weight is 353 g/mol. The standard InChI is InChI=1S/C20H21ClN4/c1-15-13-19(22-12-11-16-5-3-2-4-6-16)25-20(24-15)23-14-17-7-9-18(21)10-8-17/h2-10,13H,11-12,14H2,1H3,(H2,22,23,24,25). The minimum atomic E-state index is 0.622. The Balaban J connectivity index is 1.57. The van der Waals surface area contributed by atoms with E-state index in [1.54, 1.807) is 0 Å². The first-order valence-corrected chi connectivity index (χ1v) is 8.68. The Morgan fingerprint density at radius 3 is 2.40 bits per heavy atom. The van der Waals surface area contributed by atoms with Crippen LogP contribution >= 0.6 is 11.6 Å². The summed E-state index contributed by atoms with van der Waals surface area (Å²) < 4.78 is 0. The number of nitrogens with zero attached hydrogens (tertiary/aromatic N) is 2. The summed E-state index contributed by atoms with van der Waals surface area (Å²) in [6.07, 6.45) is 0.956. The fourth-order valence-corrected chi connectivity index (χ4v) is 2.63. The number of hydrogen-bond donors (Lipinski definition) is 2. The van der Waals surface area contributed by atoms with Crippen LogP contribution in [0.1, 0.15) is 16.8 Å². The highest BCUT2D eigenvalue weighted by atomic mass is 35.5. The number of anilines is 2. The van der Waals surface area contributed by atoms with Crippen LogP contribution in [0.3, 0.4) is 0 Å². The summed E-state index contributed by atoms with van der Waals surface area (Å²) in [7, 11) is 0. The Labute approximate surface area is 153 Å². The maximum Gasteiger partial charge on any atom is 0.225 e. The molecule has 2 N–H and O–H groups in total. The van der Waals surface area contributed by atoms with E-state index in [4.69, 9.17) is 11.6 Å². The minimum absolute atomic E-state index is 0.622. The molecule has 0 saturated carbocycles. The van der Waals surface area contributed by atoms with Crippen molar-refractivity contribution in [1.29, 1.82) is 0 Å². The molecule has 0 aliphatic rings. The van der Waals surface area contributed by atoms with Gasteiger partial charge in [0.25, 0.3) is 0 Å². The summed E-state index contributed by atoms with van der Waals surface area (Å²) in [4.78, 5) is 8.98. The van der Waals surface area contributed by atoms with E-state index in [1.807, 2.05) is 43.3 Å². The molecule has 1 heterocycles. The van der Waals surface area contributed by atoms with Gasteiger partial charge in [0.05, 0.1) is 0 Å². The maximum atomic E-state index is 5.91. The van der Waals surface area contributed by atoms with Gasteiger partial charge in [-0.2, -0.15) is 4.98 Å². The Morgan fingerprint density at radius 1 is 0.880 bits per heavy atom. The van der Waals surface area contributed by atoms with Gasteiger partial charge in [0.2, 0.25) is 5.95 Å². The van der Waals surface area contributed by atoms with E-state index in [2.05, 4.69) is 44.9 Å². The van der Waals surface area contributed by atoms with Crippen LogP contribution in [0.5, 0.6) is 0 Å². The molecule has 0 aliphatic carbocycles. The Bertz CT molecular complexity index is 804. The molecule has 0 atom stereocenters. The van der Waals surface area contributed by atoms with Gasteiger partial charge in [-0.05, 0) is 36.6 Å². The van der Waals surface area contributed by atoms with Gasteiger partial charge < -0.3 is 10.6 Å². The second-order valence-electron chi connectivity index (χ2n) is 5.86. The van der Waals surface area contributed by atoms with E-state index >= 15 is 0 Å². The van der Waals surface area contributed by atoms with Crippen molar-refractivity contribution < 1.29 is 0 Å². The highest BCUT2D eigenvalue weighted by Gasteiger charge is 2.03. The molecule has 4 nitrogen and oxygen atoms in total. The summed E-state index contributed by atoms with van der Waals surface area (Å²) in [5.41, 5.74) is 3.37. The molecule has 0 fully saturated rings. The summed E-state index contributed by atoms with van der Waals surface area (Å²) >= 11 is 5.91. The fraction of sp³-hybridized carbons (Fsp3) is 0.200. The zero-order chi connectivity index (χ0) is 17.5. The predicted octanol–water partition coefficient (Wildman–Crippen LogP) is 4.71. The molecular formula is C20H21ClN4. The number of benzene rings is 2. The molecule has 0 saturated heterocycles. The number of aromatic nitrogens is 2. The van der Waals surface area contributed by atoms with Crippen LogP contribution in [0.25, 0.3) is 0 Å². The van der Waals surface area contributed by atoms with Gasteiger partial charge in [-0.15, -0.1) is 0 Å². The molecule has 0 aliphatic heterocycles. The van der Waals surface area contributed by atoms with Crippen LogP contribution in [0.15, 0.2) is 60.7 Å². The van der Waals surface area contributed by atoms with Crippen LogP contribution in [-0.2, 0) is 13.0 Å². The van der Waals surface area contributed by atoms with Crippen LogP contribution in [0, 0.1) is 6.92 Å². The first-order valence-electron chi connectivity index (χ1n) is 8.31. The van der Waals surface area contributed by atoms with Crippen molar-refractivity contribution in [2.24, 2.45) is 0 Å². The van der Waals surface area contributed by atoms with Crippen molar-refractivity contribution in [2.45, 2.75) is 19.9 Å². The van der Waals surface area contributed by atoms with Crippen LogP contribution < -0.4 is 10.6 Å². The third-order valence-corrected chi connectivity index (χ3v) is 4.03. The number of hydrogen-bond acceptors (Lipinski definition) is 4. The molecular weight excluding hydrogens is 332 g/mol. The number of aryl methyl sites for hydroxylation is 1. The molecule has 3 rings (SSSR count). The third-order valence-electron chi connectivity index (χ3n) is 3.78. The molecule has 0 spiro atoms. The molecule has 25 heavy (non-hydrogen) atoms. The smallest absolute Gasteiger partial charge is 0.225 e. The van der Waals surface area contributed by atoms with E-state index < -0.39 is 0 Å². The van der Waals surface area contributed by atoms with Crippen LogP contribution in [0.4, 0.5) is 11.8 Å². The lowest BCUT2D eigenvalue weighted by Gasteiger charge is -2.10. The second kappa shape index (κ2) is 8.49. The Morgan fingerprint density at radius 2 is 1.64 bits per heavy atom. The summed E-state index contributed by atoms with van der Waals surface area (Å²) in [5, 5.41) is 7.37. The van der Waals surface area contributed by atoms with E-state index in [0.29, 0.717) is 12.5 Å². The highest BCUT2D eigenvalue weighted by Crippen LogP contribution is 2.13. The van der Waals surface area contributed by atoms with Crippen molar-refractivity contribution in [2.75, 3.05) is 17.2 Å². The molecule has 3 aromatic rings.